The van der Waals surface area contributed by atoms with Gasteiger partial charge in [0, 0.05) is 11.8 Å². The van der Waals surface area contributed by atoms with Crippen molar-refractivity contribution in [1.82, 2.24) is 5.32 Å². The smallest absolute Gasteiger partial charge is 0.150 e. The second-order valence-corrected chi connectivity index (χ2v) is 8.94. The lowest BCUT2D eigenvalue weighted by Crippen LogP contribution is -2.39. The van der Waals surface area contributed by atoms with Crippen molar-refractivity contribution >= 4 is 9.84 Å². The quantitative estimate of drug-likeness (QED) is 0.710. The maximum atomic E-state index is 11.6. The number of hydrogen-bond donors (Lipinski definition) is 1. The van der Waals surface area contributed by atoms with Gasteiger partial charge in [0.25, 0.3) is 0 Å². The van der Waals surface area contributed by atoms with Crippen LogP contribution in [0.25, 0.3) is 0 Å². The van der Waals surface area contributed by atoms with E-state index in [0.29, 0.717) is 11.8 Å². The summed E-state index contributed by atoms with van der Waals surface area (Å²) < 4.78 is 23.2. The summed E-state index contributed by atoms with van der Waals surface area (Å²) in [6.07, 6.45) is 8.28. The Labute approximate surface area is 125 Å². The van der Waals surface area contributed by atoms with Gasteiger partial charge in [0.2, 0.25) is 0 Å². The molecule has 3 nitrogen and oxygen atoms in total. The first-order valence-corrected chi connectivity index (χ1v) is 10.2. The summed E-state index contributed by atoms with van der Waals surface area (Å²) in [6.45, 7) is 7.33. The summed E-state index contributed by atoms with van der Waals surface area (Å²) in [7, 11) is -2.80. The minimum absolute atomic E-state index is 0.278. The molecule has 0 aromatic rings. The maximum Gasteiger partial charge on any atom is 0.150 e. The third kappa shape index (κ3) is 6.57. The topological polar surface area (TPSA) is 46.2 Å². The largest absolute Gasteiger partial charge is 0.314 e. The van der Waals surface area contributed by atoms with Crippen molar-refractivity contribution < 1.29 is 8.42 Å². The molecule has 0 saturated heterocycles. The van der Waals surface area contributed by atoms with Crippen molar-refractivity contribution in [1.29, 1.82) is 0 Å². The summed E-state index contributed by atoms with van der Waals surface area (Å²) >= 11 is 0. The Morgan fingerprint density at radius 2 is 2.00 bits per heavy atom. The molecule has 0 amide bonds. The molecular weight excluding hydrogens is 270 g/mol. The summed E-state index contributed by atoms with van der Waals surface area (Å²) in [5.74, 6) is 2.21. The molecule has 1 aliphatic rings. The van der Waals surface area contributed by atoms with E-state index in [4.69, 9.17) is 0 Å². The molecule has 0 bridgehead atoms. The van der Waals surface area contributed by atoms with Gasteiger partial charge in [-0.05, 0) is 50.5 Å². The van der Waals surface area contributed by atoms with Gasteiger partial charge in [0.15, 0.2) is 0 Å². The molecule has 0 spiro atoms. The Hall–Kier alpha value is -0.0900. The standard InChI is InChI=1S/C16H33NO2S/c1-4-11-17-16(10-7-12-20(18,19)5-2)15-9-6-8-14(3)13-15/h14-17H,4-13H2,1-3H3. The number of hydrogen-bond acceptors (Lipinski definition) is 3. The highest BCUT2D eigenvalue weighted by atomic mass is 32.2. The van der Waals surface area contributed by atoms with Crippen LogP contribution < -0.4 is 5.32 Å². The predicted molar refractivity (Wildman–Crippen MR) is 86.8 cm³/mol. The van der Waals surface area contributed by atoms with E-state index >= 15 is 0 Å². The van der Waals surface area contributed by atoms with E-state index < -0.39 is 9.84 Å². The van der Waals surface area contributed by atoms with E-state index in [0.717, 1.165) is 37.6 Å². The van der Waals surface area contributed by atoms with Crippen LogP contribution in [0.3, 0.4) is 0 Å². The Bertz CT molecular complexity index is 353. The van der Waals surface area contributed by atoms with Gasteiger partial charge in [-0.1, -0.05) is 33.6 Å². The van der Waals surface area contributed by atoms with Gasteiger partial charge in [0.1, 0.15) is 9.84 Å². The molecule has 3 unspecified atom stereocenters. The molecule has 1 aliphatic carbocycles. The zero-order valence-corrected chi connectivity index (χ0v) is 14.3. The molecule has 0 aromatic carbocycles. The molecule has 4 heteroatoms. The van der Waals surface area contributed by atoms with Gasteiger partial charge in [-0.2, -0.15) is 0 Å². The van der Waals surface area contributed by atoms with E-state index in [-0.39, 0.29) is 5.75 Å². The fourth-order valence-corrected chi connectivity index (χ4v) is 4.24. The summed E-state index contributed by atoms with van der Waals surface area (Å²) in [5, 5.41) is 3.67. The van der Waals surface area contributed by atoms with Crippen LogP contribution >= 0.6 is 0 Å². The Kier molecular flexibility index (Phi) is 8.11. The lowest BCUT2D eigenvalue weighted by molar-refractivity contribution is 0.214. The Balaban J connectivity index is 2.46. The molecular formula is C16H33NO2S. The van der Waals surface area contributed by atoms with E-state index in [9.17, 15) is 8.42 Å². The van der Waals surface area contributed by atoms with Crippen LogP contribution in [0.4, 0.5) is 0 Å². The van der Waals surface area contributed by atoms with Crippen LogP contribution in [0, 0.1) is 11.8 Å². The second kappa shape index (κ2) is 9.04. The molecule has 1 N–H and O–H groups in total. The Morgan fingerprint density at radius 3 is 2.60 bits per heavy atom. The van der Waals surface area contributed by atoms with Crippen molar-refractivity contribution in [3.8, 4) is 0 Å². The van der Waals surface area contributed by atoms with Gasteiger partial charge < -0.3 is 5.32 Å². The van der Waals surface area contributed by atoms with Gasteiger partial charge in [0.05, 0.1) is 5.75 Å². The molecule has 3 atom stereocenters. The van der Waals surface area contributed by atoms with Crippen LogP contribution in [0.15, 0.2) is 0 Å². The van der Waals surface area contributed by atoms with Gasteiger partial charge in [-0.15, -0.1) is 0 Å². The van der Waals surface area contributed by atoms with Crippen LogP contribution in [-0.4, -0.2) is 32.5 Å². The van der Waals surface area contributed by atoms with E-state index in [1.165, 1.54) is 25.7 Å². The number of rotatable bonds is 9. The van der Waals surface area contributed by atoms with Crippen molar-refractivity contribution in [3.05, 3.63) is 0 Å². The summed E-state index contributed by atoms with van der Waals surface area (Å²) in [6, 6.07) is 0.518. The number of nitrogens with one attached hydrogen (secondary N) is 1. The average Bonchev–Trinajstić information content (AvgIpc) is 2.42. The summed E-state index contributed by atoms with van der Waals surface area (Å²) in [5.41, 5.74) is 0. The summed E-state index contributed by atoms with van der Waals surface area (Å²) in [4.78, 5) is 0. The van der Waals surface area contributed by atoms with Crippen LogP contribution in [0.5, 0.6) is 0 Å². The third-order valence-electron chi connectivity index (χ3n) is 4.61. The normalized spacial score (nSPS) is 25.6. The highest BCUT2D eigenvalue weighted by Crippen LogP contribution is 2.32. The van der Waals surface area contributed by atoms with Crippen molar-refractivity contribution in [3.63, 3.8) is 0 Å². The molecule has 0 aromatic heterocycles. The van der Waals surface area contributed by atoms with Gasteiger partial charge in [-0.25, -0.2) is 8.42 Å². The van der Waals surface area contributed by atoms with Crippen molar-refractivity contribution in [2.45, 2.75) is 71.8 Å². The molecule has 1 rings (SSSR count). The van der Waals surface area contributed by atoms with Crippen LogP contribution in [-0.2, 0) is 9.84 Å². The van der Waals surface area contributed by atoms with Gasteiger partial charge in [-0.3, -0.25) is 0 Å². The average molecular weight is 304 g/mol. The fourth-order valence-electron chi connectivity index (χ4n) is 3.35. The first kappa shape index (κ1) is 18.0. The fraction of sp³-hybridized carbons (Fsp3) is 1.00. The third-order valence-corrected chi connectivity index (χ3v) is 6.40. The zero-order chi connectivity index (χ0) is 15.0. The van der Waals surface area contributed by atoms with E-state index in [1.54, 1.807) is 6.92 Å². The lowest BCUT2D eigenvalue weighted by atomic mass is 9.77. The maximum absolute atomic E-state index is 11.6. The number of sulfone groups is 1. The first-order chi connectivity index (χ1) is 9.48. The highest BCUT2D eigenvalue weighted by molar-refractivity contribution is 7.91. The molecule has 0 radical (unpaired) electrons. The SMILES string of the molecule is CCCNC(CCCS(=O)(=O)CC)C1CCCC(C)C1. The first-order valence-electron chi connectivity index (χ1n) is 8.42. The highest BCUT2D eigenvalue weighted by Gasteiger charge is 2.26. The minimum atomic E-state index is -2.80. The molecule has 0 aliphatic heterocycles. The van der Waals surface area contributed by atoms with Crippen molar-refractivity contribution in [2.75, 3.05) is 18.1 Å². The Morgan fingerprint density at radius 1 is 1.25 bits per heavy atom. The molecule has 20 heavy (non-hydrogen) atoms. The molecule has 1 fully saturated rings. The van der Waals surface area contributed by atoms with Crippen molar-refractivity contribution in [2.24, 2.45) is 11.8 Å². The van der Waals surface area contributed by atoms with Gasteiger partial charge >= 0.3 is 0 Å². The predicted octanol–water partition coefficient (Wildman–Crippen LogP) is 3.40. The minimum Gasteiger partial charge on any atom is -0.314 e. The zero-order valence-electron chi connectivity index (χ0n) is 13.5. The molecule has 0 heterocycles. The van der Waals surface area contributed by atoms with Crippen LogP contribution in [0.1, 0.15) is 65.7 Å². The molecule has 1 saturated carbocycles. The van der Waals surface area contributed by atoms with E-state index in [2.05, 4.69) is 19.2 Å². The lowest BCUT2D eigenvalue weighted by Gasteiger charge is -2.34. The van der Waals surface area contributed by atoms with Crippen LogP contribution in [0.2, 0.25) is 0 Å². The van der Waals surface area contributed by atoms with E-state index in [1.807, 2.05) is 0 Å². The molecule has 120 valence electrons. The second-order valence-electron chi connectivity index (χ2n) is 6.47. The monoisotopic (exact) mass is 303 g/mol.